The smallest absolute Gasteiger partial charge is 0.174 e. The Kier molecular flexibility index (Phi) is 5.68. The van der Waals surface area contributed by atoms with E-state index in [0.29, 0.717) is 39.2 Å². The van der Waals surface area contributed by atoms with Crippen LogP contribution in [0.2, 0.25) is 0 Å². The molecule has 7 heteroatoms. The van der Waals surface area contributed by atoms with E-state index in [0.717, 1.165) is 0 Å². The van der Waals surface area contributed by atoms with E-state index in [1.54, 1.807) is 13.0 Å². The molecule has 0 aliphatic rings. The van der Waals surface area contributed by atoms with Crippen molar-refractivity contribution in [2.45, 2.75) is 20.0 Å². The van der Waals surface area contributed by atoms with Gasteiger partial charge in [0, 0.05) is 34.6 Å². The van der Waals surface area contributed by atoms with Crippen LogP contribution in [0.15, 0.2) is 44.0 Å². The van der Waals surface area contributed by atoms with Crippen LogP contribution in [0, 0.1) is 12.7 Å². The second-order valence-electron chi connectivity index (χ2n) is 4.83. The fraction of sp³-hybridized carbons (Fsp3) is 0.250. The molecule has 5 nitrogen and oxygen atoms in total. The van der Waals surface area contributed by atoms with Crippen LogP contribution in [0.4, 0.5) is 4.39 Å². The maximum atomic E-state index is 13.3. The van der Waals surface area contributed by atoms with E-state index in [1.165, 1.54) is 24.5 Å². The number of aliphatic imine (C=N–C) groups is 1. The predicted molar refractivity (Wildman–Crippen MR) is 90.6 cm³/mol. The lowest BCUT2D eigenvalue weighted by atomic mass is 9.98. The first kappa shape index (κ1) is 17.4. The van der Waals surface area contributed by atoms with Crippen molar-refractivity contribution in [3.63, 3.8) is 0 Å². The molecule has 0 spiro atoms. The van der Waals surface area contributed by atoms with Gasteiger partial charge in [0.1, 0.15) is 11.9 Å². The molecular weight excluding hydrogens is 365 g/mol. The number of benzene rings is 1. The van der Waals surface area contributed by atoms with E-state index in [9.17, 15) is 9.50 Å². The molecule has 0 bridgehead atoms. The number of aliphatic hydroxyl groups is 1. The van der Waals surface area contributed by atoms with E-state index in [2.05, 4.69) is 26.1 Å². The summed E-state index contributed by atoms with van der Waals surface area (Å²) in [5.74, 6) is -0.0253. The first-order chi connectivity index (χ1) is 11.0. The van der Waals surface area contributed by atoms with Gasteiger partial charge in [-0.2, -0.15) is 0 Å². The van der Waals surface area contributed by atoms with Crippen molar-refractivity contribution in [1.29, 1.82) is 0 Å². The van der Waals surface area contributed by atoms with Crippen LogP contribution in [0.5, 0.6) is 0 Å². The zero-order valence-corrected chi connectivity index (χ0v) is 14.3. The van der Waals surface area contributed by atoms with Crippen molar-refractivity contribution in [1.82, 2.24) is 5.16 Å². The van der Waals surface area contributed by atoms with E-state index in [1.807, 2.05) is 6.92 Å². The minimum absolute atomic E-state index is 0.353. The standard InChI is InChI=1S/C16H17BrFN3O2/c1-3-20-8-10(7-19)15(22)14-9(2)21-23-16(14)12-5-4-11(18)6-13(12)17/h4-8,15,22H,3,19H2,1-2H3. The van der Waals surface area contributed by atoms with Gasteiger partial charge < -0.3 is 15.4 Å². The van der Waals surface area contributed by atoms with Gasteiger partial charge in [-0.3, -0.25) is 4.99 Å². The highest BCUT2D eigenvalue weighted by molar-refractivity contribution is 9.10. The second kappa shape index (κ2) is 7.52. The van der Waals surface area contributed by atoms with Crippen molar-refractivity contribution in [2.75, 3.05) is 6.54 Å². The van der Waals surface area contributed by atoms with Gasteiger partial charge in [0.05, 0.1) is 11.3 Å². The summed E-state index contributed by atoms with van der Waals surface area (Å²) in [7, 11) is 0. The highest BCUT2D eigenvalue weighted by Crippen LogP contribution is 2.37. The highest BCUT2D eigenvalue weighted by atomic mass is 79.9. The number of aryl methyl sites for hydroxylation is 1. The molecule has 1 heterocycles. The Morgan fingerprint density at radius 3 is 2.91 bits per heavy atom. The topological polar surface area (TPSA) is 84.6 Å². The lowest BCUT2D eigenvalue weighted by Gasteiger charge is -2.12. The second-order valence-corrected chi connectivity index (χ2v) is 5.69. The predicted octanol–water partition coefficient (Wildman–Crippen LogP) is 3.52. The Morgan fingerprint density at radius 2 is 2.30 bits per heavy atom. The molecule has 0 radical (unpaired) electrons. The molecule has 0 aliphatic carbocycles. The number of aliphatic hydroxyl groups excluding tert-OH is 1. The normalized spacial score (nSPS) is 13.7. The van der Waals surface area contributed by atoms with Gasteiger partial charge in [-0.1, -0.05) is 5.16 Å². The minimum atomic E-state index is -1.05. The monoisotopic (exact) mass is 381 g/mol. The van der Waals surface area contributed by atoms with Gasteiger partial charge >= 0.3 is 0 Å². The molecule has 2 aromatic rings. The van der Waals surface area contributed by atoms with Crippen LogP contribution < -0.4 is 5.73 Å². The molecule has 122 valence electrons. The lowest BCUT2D eigenvalue weighted by molar-refractivity contribution is 0.221. The first-order valence-corrected chi connectivity index (χ1v) is 7.80. The highest BCUT2D eigenvalue weighted by Gasteiger charge is 2.25. The molecule has 1 atom stereocenters. The molecular formula is C16H17BrFN3O2. The lowest BCUT2D eigenvalue weighted by Crippen LogP contribution is -2.07. The molecule has 3 N–H and O–H groups in total. The van der Waals surface area contributed by atoms with Gasteiger partial charge in [0.25, 0.3) is 0 Å². The van der Waals surface area contributed by atoms with Gasteiger partial charge in [0.2, 0.25) is 0 Å². The summed E-state index contributed by atoms with van der Waals surface area (Å²) in [5, 5.41) is 14.5. The SMILES string of the molecule is CCN=CC(=CN)C(O)c1c(C)noc1-c1ccc(F)cc1Br. The Morgan fingerprint density at radius 1 is 1.57 bits per heavy atom. The molecule has 0 saturated heterocycles. The fourth-order valence-electron chi connectivity index (χ4n) is 2.13. The van der Waals surface area contributed by atoms with Crippen LogP contribution in [0.25, 0.3) is 11.3 Å². The quantitative estimate of drug-likeness (QED) is 0.775. The Balaban J connectivity index is 2.52. The summed E-state index contributed by atoms with van der Waals surface area (Å²) < 4.78 is 19.1. The molecule has 0 saturated carbocycles. The number of nitrogens with zero attached hydrogens (tertiary/aromatic N) is 2. The van der Waals surface area contributed by atoms with E-state index >= 15 is 0 Å². The van der Waals surface area contributed by atoms with Crippen LogP contribution >= 0.6 is 15.9 Å². The maximum Gasteiger partial charge on any atom is 0.174 e. The summed E-state index contributed by atoms with van der Waals surface area (Å²) in [5.41, 5.74) is 7.59. The average molecular weight is 382 g/mol. The van der Waals surface area contributed by atoms with Crippen molar-refractivity contribution >= 4 is 22.1 Å². The molecule has 23 heavy (non-hydrogen) atoms. The van der Waals surface area contributed by atoms with Crippen LogP contribution in [-0.4, -0.2) is 23.0 Å². The zero-order valence-electron chi connectivity index (χ0n) is 12.8. The molecule has 1 aromatic heterocycles. The van der Waals surface area contributed by atoms with Crippen LogP contribution in [0.1, 0.15) is 24.3 Å². The third-order valence-corrected chi connectivity index (χ3v) is 3.94. The minimum Gasteiger partial charge on any atom is -0.404 e. The summed E-state index contributed by atoms with van der Waals surface area (Å²) in [6, 6.07) is 4.19. The number of hydrogen-bond acceptors (Lipinski definition) is 5. The van der Waals surface area contributed by atoms with Crippen molar-refractivity contribution in [2.24, 2.45) is 10.7 Å². The van der Waals surface area contributed by atoms with Crippen LogP contribution in [0.3, 0.4) is 0 Å². The fourth-order valence-corrected chi connectivity index (χ4v) is 2.67. The summed E-state index contributed by atoms with van der Waals surface area (Å²) in [6.07, 6.45) is 1.76. The number of aromatic nitrogens is 1. The van der Waals surface area contributed by atoms with E-state index in [4.69, 9.17) is 10.3 Å². The van der Waals surface area contributed by atoms with Gasteiger partial charge in [-0.05, 0) is 48.0 Å². The van der Waals surface area contributed by atoms with E-state index in [-0.39, 0.29) is 5.82 Å². The first-order valence-electron chi connectivity index (χ1n) is 7.00. The molecule has 2 rings (SSSR count). The molecule has 0 aliphatic heterocycles. The molecule has 0 fully saturated rings. The number of halogens is 2. The maximum absolute atomic E-state index is 13.3. The third kappa shape index (κ3) is 3.68. The molecule has 1 aromatic carbocycles. The molecule has 0 amide bonds. The summed E-state index contributed by atoms with van der Waals surface area (Å²) >= 11 is 3.30. The van der Waals surface area contributed by atoms with Crippen molar-refractivity contribution in [3.05, 3.63) is 51.5 Å². The third-order valence-electron chi connectivity index (χ3n) is 3.29. The van der Waals surface area contributed by atoms with Gasteiger partial charge in [-0.15, -0.1) is 0 Å². The zero-order chi connectivity index (χ0) is 17.0. The van der Waals surface area contributed by atoms with Crippen molar-refractivity contribution in [3.8, 4) is 11.3 Å². The number of rotatable bonds is 5. The summed E-state index contributed by atoms with van der Waals surface area (Å²) in [4.78, 5) is 4.09. The Hall–Kier alpha value is -1.99. The summed E-state index contributed by atoms with van der Waals surface area (Å²) in [6.45, 7) is 4.17. The van der Waals surface area contributed by atoms with E-state index < -0.39 is 6.10 Å². The molecule has 1 unspecified atom stereocenters. The van der Waals surface area contributed by atoms with Crippen molar-refractivity contribution < 1.29 is 14.0 Å². The Bertz CT molecular complexity index is 756. The average Bonchev–Trinajstić information content (AvgIpc) is 2.89. The largest absolute Gasteiger partial charge is 0.404 e. The Labute approximate surface area is 141 Å². The number of hydrogen-bond donors (Lipinski definition) is 2. The van der Waals surface area contributed by atoms with Crippen LogP contribution in [-0.2, 0) is 0 Å². The van der Waals surface area contributed by atoms with Gasteiger partial charge in [-0.25, -0.2) is 4.39 Å². The van der Waals surface area contributed by atoms with Gasteiger partial charge in [0.15, 0.2) is 5.76 Å². The number of nitrogens with two attached hydrogens (primary N) is 1.